The summed E-state index contributed by atoms with van der Waals surface area (Å²) in [6.45, 7) is 0.595. The summed E-state index contributed by atoms with van der Waals surface area (Å²) in [5, 5.41) is 19.8. The summed E-state index contributed by atoms with van der Waals surface area (Å²) in [5.74, 6) is -0.208. The second-order valence-corrected chi connectivity index (χ2v) is 5.87. The van der Waals surface area contributed by atoms with E-state index in [0.29, 0.717) is 6.54 Å². The van der Waals surface area contributed by atoms with Crippen LogP contribution in [0.5, 0.6) is 5.75 Å². The monoisotopic (exact) mass is 315 g/mol. The normalized spacial score (nSPS) is 20.6. The fraction of sp³-hybridized carbons (Fsp3) is 0.412. The van der Waals surface area contributed by atoms with Crippen molar-refractivity contribution in [2.45, 2.75) is 31.8 Å². The second-order valence-electron chi connectivity index (χ2n) is 5.87. The third kappa shape index (κ3) is 3.37. The highest BCUT2D eigenvalue weighted by molar-refractivity contribution is 5.71. The molecule has 0 saturated heterocycles. The Bertz CT molecular complexity index is 683. The van der Waals surface area contributed by atoms with Crippen molar-refractivity contribution in [1.29, 1.82) is 0 Å². The zero-order valence-electron chi connectivity index (χ0n) is 13.1. The number of aliphatic carboxylic acids is 1. The van der Waals surface area contributed by atoms with Crippen LogP contribution < -0.4 is 10.1 Å². The van der Waals surface area contributed by atoms with Gasteiger partial charge in [0.05, 0.1) is 24.9 Å². The molecule has 1 aromatic carbocycles. The average Bonchev–Trinajstić information content (AvgIpc) is 3.21. The Morgan fingerprint density at radius 3 is 3.13 bits per heavy atom. The average molecular weight is 315 g/mol. The van der Waals surface area contributed by atoms with E-state index in [4.69, 9.17) is 4.74 Å². The summed E-state index contributed by atoms with van der Waals surface area (Å²) >= 11 is 0. The fourth-order valence-electron chi connectivity index (χ4n) is 3.21. The standard InChI is InChI=1S/C17H21N3O3/c1-23-13-5-2-4-11(8-13)16-12(10-19-20-16)9-18-15-7-3-6-14(15)17(21)22/h2,4-5,8,10,14-15,18H,3,6-7,9H2,1H3,(H,19,20)(H,21,22)/t14-,15+/m0/s1. The van der Waals surface area contributed by atoms with E-state index in [2.05, 4.69) is 15.5 Å². The van der Waals surface area contributed by atoms with Crippen molar-refractivity contribution in [1.82, 2.24) is 15.5 Å². The predicted octanol–water partition coefficient (Wildman–Crippen LogP) is 2.43. The quantitative estimate of drug-likeness (QED) is 0.762. The van der Waals surface area contributed by atoms with E-state index >= 15 is 0 Å². The highest BCUT2D eigenvalue weighted by Crippen LogP contribution is 2.28. The third-order valence-electron chi connectivity index (χ3n) is 4.46. The zero-order valence-corrected chi connectivity index (χ0v) is 13.1. The van der Waals surface area contributed by atoms with E-state index in [9.17, 15) is 9.90 Å². The molecule has 0 unspecified atom stereocenters. The number of hydrogen-bond donors (Lipinski definition) is 3. The van der Waals surface area contributed by atoms with Crippen molar-refractivity contribution in [3.05, 3.63) is 36.0 Å². The summed E-state index contributed by atoms with van der Waals surface area (Å²) in [7, 11) is 1.64. The maximum absolute atomic E-state index is 11.3. The van der Waals surface area contributed by atoms with Gasteiger partial charge in [-0.1, -0.05) is 18.6 Å². The third-order valence-corrected chi connectivity index (χ3v) is 4.46. The molecule has 122 valence electrons. The lowest BCUT2D eigenvalue weighted by Crippen LogP contribution is -2.35. The number of ether oxygens (including phenoxy) is 1. The van der Waals surface area contributed by atoms with E-state index in [1.165, 1.54) is 0 Å². The molecule has 0 amide bonds. The maximum atomic E-state index is 11.3. The number of carboxylic acid groups (broad SMARTS) is 1. The summed E-state index contributed by atoms with van der Waals surface area (Å²) < 4.78 is 5.26. The van der Waals surface area contributed by atoms with Crippen LogP contribution >= 0.6 is 0 Å². The molecule has 1 aromatic heterocycles. The molecule has 2 atom stereocenters. The summed E-state index contributed by atoms with van der Waals surface area (Å²) in [6.07, 6.45) is 4.40. The molecule has 3 rings (SSSR count). The van der Waals surface area contributed by atoms with Gasteiger partial charge in [0.25, 0.3) is 0 Å². The van der Waals surface area contributed by atoms with Crippen LogP contribution in [0.3, 0.4) is 0 Å². The number of methoxy groups -OCH3 is 1. The van der Waals surface area contributed by atoms with Gasteiger partial charge >= 0.3 is 5.97 Å². The predicted molar refractivity (Wildman–Crippen MR) is 86.2 cm³/mol. The number of nitrogens with zero attached hydrogens (tertiary/aromatic N) is 1. The van der Waals surface area contributed by atoms with Crippen LogP contribution in [0.15, 0.2) is 30.5 Å². The number of benzene rings is 1. The molecule has 23 heavy (non-hydrogen) atoms. The molecule has 0 aliphatic heterocycles. The van der Waals surface area contributed by atoms with Gasteiger partial charge in [-0.3, -0.25) is 9.89 Å². The number of rotatable bonds is 6. The minimum atomic E-state index is -0.708. The van der Waals surface area contributed by atoms with E-state index in [1.54, 1.807) is 13.3 Å². The highest BCUT2D eigenvalue weighted by atomic mass is 16.5. The fourth-order valence-corrected chi connectivity index (χ4v) is 3.21. The molecule has 2 aromatic rings. The molecule has 1 aliphatic rings. The number of aromatic nitrogens is 2. The van der Waals surface area contributed by atoms with Crippen molar-refractivity contribution < 1.29 is 14.6 Å². The molecule has 1 fully saturated rings. The minimum Gasteiger partial charge on any atom is -0.497 e. The number of carbonyl (C=O) groups is 1. The van der Waals surface area contributed by atoms with Crippen LogP contribution in [0.4, 0.5) is 0 Å². The van der Waals surface area contributed by atoms with Gasteiger partial charge in [-0.25, -0.2) is 0 Å². The van der Waals surface area contributed by atoms with Crippen LogP contribution in [0.1, 0.15) is 24.8 Å². The van der Waals surface area contributed by atoms with Gasteiger partial charge < -0.3 is 15.2 Å². The van der Waals surface area contributed by atoms with Crippen LogP contribution in [0, 0.1) is 5.92 Å². The molecular formula is C17H21N3O3. The second kappa shape index (κ2) is 6.83. The number of hydrogen-bond acceptors (Lipinski definition) is 4. The summed E-state index contributed by atoms with van der Waals surface area (Å²) in [4.78, 5) is 11.3. The molecule has 3 N–H and O–H groups in total. The molecule has 0 spiro atoms. The van der Waals surface area contributed by atoms with Crippen molar-refractivity contribution >= 4 is 5.97 Å². The first-order valence-corrected chi connectivity index (χ1v) is 7.82. The van der Waals surface area contributed by atoms with Crippen molar-refractivity contribution in [3.8, 4) is 17.0 Å². The smallest absolute Gasteiger partial charge is 0.308 e. The number of carboxylic acids is 1. The number of nitrogens with one attached hydrogen (secondary N) is 2. The SMILES string of the molecule is COc1cccc(-c2[nH]ncc2CN[C@@H]2CCC[C@@H]2C(=O)O)c1. The van der Waals surface area contributed by atoms with Gasteiger partial charge in [0.2, 0.25) is 0 Å². The van der Waals surface area contributed by atoms with Gasteiger partial charge in [0.1, 0.15) is 5.75 Å². The number of aromatic amines is 1. The van der Waals surface area contributed by atoms with Gasteiger partial charge in [0, 0.05) is 23.7 Å². The molecule has 1 saturated carbocycles. The Morgan fingerprint density at radius 1 is 1.48 bits per heavy atom. The van der Waals surface area contributed by atoms with Crippen molar-refractivity contribution in [2.24, 2.45) is 5.92 Å². The Balaban J connectivity index is 1.72. The lowest BCUT2D eigenvalue weighted by Gasteiger charge is -2.17. The van der Waals surface area contributed by atoms with Crippen LogP contribution in [0.2, 0.25) is 0 Å². The largest absolute Gasteiger partial charge is 0.497 e. The summed E-state index contributed by atoms with van der Waals surface area (Å²) in [6, 6.07) is 7.81. The van der Waals surface area contributed by atoms with Gasteiger partial charge in [-0.05, 0) is 25.0 Å². The van der Waals surface area contributed by atoms with Crippen LogP contribution in [0.25, 0.3) is 11.3 Å². The molecule has 6 heteroatoms. The first-order valence-electron chi connectivity index (χ1n) is 7.82. The van der Waals surface area contributed by atoms with Gasteiger partial charge in [-0.15, -0.1) is 0 Å². The van der Waals surface area contributed by atoms with Crippen LogP contribution in [-0.2, 0) is 11.3 Å². The maximum Gasteiger partial charge on any atom is 0.308 e. The van der Waals surface area contributed by atoms with Crippen LogP contribution in [-0.4, -0.2) is 34.4 Å². The molecule has 1 heterocycles. The Labute approximate surface area is 134 Å². The summed E-state index contributed by atoms with van der Waals surface area (Å²) in [5.41, 5.74) is 2.95. The number of H-pyrrole nitrogens is 1. The van der Waals surface area contributed by atoms with E-state index in [-0.39, 0.29) is 12.0 Å². The molecule has 0 radical (unpaired) electrons. The highest BCUT2D eigenvalue weighted by Gasteiger charge is 2.32. The first-order chi connectivity index (χ1) is 11.2. The molecular weight excluding hydrogens is 294 g/mol. The van der Waals surface area contributed by atoms with E-state index in [1.807, 2.05) is 24.3 Å². The molecule has 0 bridgehead atoms. The van der Waals surface area contributed by atoms with Gasteiger partial charge in [0.15, 0.2) is 0 Å². The van der Waals surface area contributed by atoms with Crippen molar-refractivity contribution in [2.75, 3.05) is 7.11 Å². The zero-order chi connectivity index (χ0) is 16.2. The lowest BCUT2D eigenvalue weighted by atomic mass is 10.0. The lowest BCUT2D eigenvalue weighted by molar-refractivity contribution is -0.142. The molecule has 1 aliphatic carbocycles. The van der Waals surface area contributed by atoms with E-state index < -0.39 is 5.97 Å². The topological polar surface area (TPSA) is 87.2 Å². The Kier molecular flexibility index (Phi) is 4.62. The Hall–Kier alpha value is -2.34. The van der Waals surface area contributed by atoms with Gasteiger partial charge in [-0.2, -0.15) is 5.10 Å². The van der Waals surface area contributed by atoms with Crippen molar-refractivity contribution in [3.63, 3.8) is 0 Å². The first kappa shape index (κ1) is 15.6. The van der Waals surface area contributed by atoms with E-state index in [0.717, 1.165) is 41.8 Å². The minimum absolute atomic E-state index is 0.0283. The Morgan fingerprint density at radius 2 is 2.35 bits per heavy atom. The molecule has 6 nitrogen and oxygen atoms in total.